The summed E-state index contributed by atoms with van der Waals surface area (Å²) < 4.78 is 5.50. The number of rotatable bonds is 9. The molecule has 2 aromatic heterocycles. The minimum atomic E-state index is -0.496. The molecule has 2 N–H and O–H groups in total. The Balaban J connectivity index is 1.53. The lowest BCUT2D eigenvalue weighted by Crippen LogP contribution is -2.30. The Morgan fingerprint density at radius 2 is 2.38 bits per heavy atom. The summed E-state index contributed by atoms with van der Waals surface area (Å²) in [6.45, 7) is 4.17. The van der Waals surface area contributed by atoms with Gasteiger partial charge in [-0.3, -0.25) is 4.98 Å². The Hall–Kier alpha value is -1.34. The number of aliphatic hydroxyl groups excluding tert-OH is 1. The van der Waals surface area contributed by atoms with Crippen LogP contribution in [0.1, 0.15) is 16.1 Å². The molecule has 0 saturated heterocycles. The second-order valence-corrected chi connectivity index (χ2v) is 5.77. The summed E-state index contributed by atoms with van der Waals surface area (Å²) in [5.41, 5.74) is 4.02. The number of pyridine rings is 1. The van der Waals surface area contributed by atoms with E-state index in [-0.39, 0.29) is 0 Å². The van der Waals surface area contributed by atoms with Crippen LogP contribution in [0.2, 0.25) is 0 Å². The van der Waals surface area contributed by atoms with E-state index in [2.05, 4.69) is 15.3 Å². The van der Waals surface area contributed by atoms with Crippen molar-refractivity contribution >= 4 is 11.3 Å². The minimum absolute atomic E-state index is 0.345. The van der Waals surface area contributed by atoms with Crippen LogP contribution in [0.15, 0.2) is 30.0 Å². The van der Waals surface area contributed by atoms with Gasteiger partial charge in [0.05, 0.1) is 30.5 Å². The van der Waals surface area contributed by atoms with Crippen molar-refractivity contribution in [2.24, 2.45) is 0 Å². The Morgan fingerprint density at radius 3 is 3.10 bits per heavy atom. The normalized spacial score (nSPS) is 12.5. The third-order valence-corrected chi connectivity index (χ3v) is 4.06. The van der Waals surface area contributed by atoms with E-state index in [1.165, 1.54) is 4.88 Å². The molecule has 2 heterocycles. The van der Waals surface area contributed by atoms with Crippen LogP contribution >= 0.6 is 11.3 Å². The third-order valence-electron chi connectivity index (χ3n) is 3.06. The summed E-state index contributed by atoms with van der Waals surface area (Å²) >= 11 is 1.65. The van der Waals surface area contributed by atoms with Crippen LogP contribution in [0, 0.1) is 6.92 Å². The molecule has 0 aliphatic carbocycles. The van der Waals surface area contributed by atoms with Gasteiger partial charge in [0.1, 0.15) is 0 Å². The van der Waals surface area contributed by atoms with E-state index in [9.17, 15) is 5.11 Å². The lowest BCUT2D eigenvalue weighted by Gasteiger charge is -2.12. The largest absolute Gasteiger partial charge is 0.389 e. The maximum absolute atomic E-state index is 9.83. The molecule has 1 atom stereocenters. The molecule has 0 saturated carbocycles. The van der Waals surface area contributed by atoms with E-state index in [0.29, 0.717) is 26.3 Å². The molecular weight excluding hydrogens is 286 g/mol. The van der Waals surface area contributed by atoms with Gasteiger partial charge in [-0.25, -0.2) is 4.98 Å². The number of hydrogen-bond acceptors (Lipinski definition) is 6. The molecule has 2 rings (SSSR count). The van der Waals surface area contributed by atoms with E-state index in [0.717, 1.165) is 17.7 Å². The van der Waals surface area contributed by atoms with Gasteiger partial charge in [-0.05, 0) is 18.6 Å². The summed E-state index contributed by atoms with van der Waals surface area (Å²) in [6, 6.07) is 3.90. The van der Waals surface area contributed by atoms with E-state index in [4.69, 9.17) is 4.74 Å². The van der Waals surface area contributed by atoms with Crippen LogP contribution < -0.4 is 5.32 Å². The molecule has 2 aromatic rings. The molecule has 0 radical (unpaired) electrons. The molecule has 0 spiro atoms. The van der Waals surface area contributed by atoms with E-state index >= 15 is 0 Å². The van der Waals surface area contributed by atoms with Crippen molar-refractivity contribution in [2.45, 2.75) is 26.0 Å². The number of ether oxygens (including phenoxy) is 1. The second-order valence-electron chi connectivity index (χ2n) is 4.83. The van der Waals surface area contributed by atoms with Crippen LogP contribution in [0.3, 0.4) is 0 Å². The van der Waals surface area contributed by atoms with Crippen molar-refractivity contribution in [1.29, 1.82) is 0 Å². The van der Waals surface area contributed by atoms with Crippen LogP contribution in [0.5, 0.6) is 0 Å². The zero-order chi connectivity index (χ0) is 14.9. The summed E-state index contributed by atoms with van der Waals surface area (Å²) in [5.74, 6) is 0. The highest BCUT2D eigenvalue weighted by molar-refractivity contribution is 7.09. The summed E-state index contributed by atoms with van der Waals surface area (Å²) in [7, 11) is 0. The number of aromatic nitrogens is 2. The Kier molecular flexibility index (Phi) is 6.75. The fourth-order valence-electron chi connectivity index (χ4n) is 1.90. The van der Waals surface area contributed by atoms with E-state index in [1.54, 1.807) is 17.5 Å². The zero-order valence-electron chi connectivity index (χ0n) is 12.2. The molecule has 0 fully saturated rings. The highest BCUT2D eigenvalue weighted by Gasteiger charge is 2.05. The molecule has 0 bridgehead atoms. The van der Waals surface area contributed by atoms with Crippen molar-refractivity contribution in [3.05, 3.63) is 46.2 Å². The molecule has 0 amide bonds. The van der Waals surface area contributed by atoms with Crippen molar-refractivity contribution in [1.82, 2.24) is 15.3 Å². The van der Waals surface area contributed by atoms with Gasteiger partial charge in [-0.1, -0.05) is 6.07 Å². The lowest BCUT2D eigenvalue weighted by molar-refractivity contribution is 0.0383. The van der Waals surface area contributed by atoms with Gasteiger partial charge < -0.3 is 15.2 Å². The first kappa shape index (κ1) is 16.0. The average molecular weight is 307 g/mol. The lowest BCUT2D eigenvalue weighted by atomic mass is 10.3. The maximum atomic E-state index is 9.83. The zero-order valence-corrected chi connectivity index (χ0v) is 13.0. The second kappa shape index (κ2) is 8.84. The number of thiazole rings is 1. The van der Waals surface area contributed by atoms with E-state index in [1.807, 2.05) is 30.8 Å². The molecule has 0 aromatic carbocycles. The predicted octanol–water partition coefficient (Wildman–Crippen LogP) is 1.56. The molecule has 6 heteroatoms. The standard InChI is InChI=1S/C15H21N3O2S/c1-12-15(21-11-18-12)4-6-20-10-14(19)9-17-8-13-3-2-5-16-7-13/h2-3,5,7,11,14,17,19H,4,6,8-10H2,1H3. The number of nitrogens with one attached hydrogen (secondary N) is 1. The topological polar surface area (TPSA) is 67.3 Å². The smallest absolute Gasteiger partial charge is 0.0897 e. The number of aryl methyl sites for hydroxylation is 1. The first-order valence-electron chi connectivity index (χ1n) is 7.00. The van der Waals surface area contributed by atoms with Crippen LogP contribution in [0.25, 0.3) is 0 Å². The Labute approximate surface area is 129 Å². The Bertz CT molecular complexity index is 519. The molecular formula is C15H21N3O2S. The van der Waals surface area contributed by atoms with Crippen molar-refractivity contribution in [3.8, 4) is 0 Å². The minimum Gasteiger partial charge on any atom is -0.389 e. The monoisotopic (exact) mass is 307 g/mol. The van der Waals surface area contributed by atoms with Crippen LogP contribution in [0.4, 0.5) is 0 Å². The fraction of sp³-hybridized carbons (Fsp3) is 0.467. The SMILES string of the molecule is Cc1ncsc1CCOCC(O)CNCc1cccnc1. The highest BCUT2D eigenvalue weighted by Crippen LogP contribution is 2.12. The Morgan fingerprint density at radius 1 is 1.48 bits per heavy atom. The third kappa shape index (κ3) is 5.89. The predicted molar refractivity (Wildman–Crippen MR) is 83.3 cm³/mol. The average Bonchev–Trinajstić information content (AvgIpc) is 2.90. The summed E-state index contributed by atoms with van der Waals surface area (Å²) in [4.78, 5) is 9.49. The molecule has 21 heavy (non-hydrogen) atoms. The summed E-state index contributed by atoms with van der Waals surface area (Å²) in [5, 5.41) is 13.0. The van der Waals surface area contributed by atoms with Crippen molar-refractivity contribution in [2.75, 3.05) is 19.8 Å². The molecule has 0 aliphatic rings. The van der Waals surface area contributed by atoms with Gasteiger partial charge in [-0.2, -0.15) is 0 Å². The van der Waals surface area contributed by atoms with Gasteiger partial charge in [0, 0.05) is 36.8 Å². The first-order chi connectivity index (χ1) is 10.3. The van der Waals surface area contributed by atoms with Gasteiger partial charge >= 0.3 is 0 Å². The van der Waals surface area contributed by atoms with Gasteiger partial charge in [0.2, 0.25) is 0 Å². The number of aliphatic hydroxyl groups is 1. The number of nitrogens with zero attached hydrogens (tertiary/aromatic N) is 2. The first-order valence-corrected chi connectivity index (χ1v) is 7.88. The van der Waals surface area contributed by atoms with Crippen LogP contribution in [-0.4, -0.2) is 40.9 Å². The van der Waals surface area contributed by atoms with E-state index < -0.39 is 6.10 Å². The molecule has 0 aliphatic heterocycles. The molecule has 114 valence electrons. The van der Waals surface area contributed by atoms with Gasteiger partial charge in [0.15, 0.2) is 0 Å². The maximum Gasteiger partial charge on any atom is 0.0897 e. The fourth-order valence-corrected chi connectivity index (χ4v) is 2.66. The van der Waals surface area contributed by atoms with Crippen molar-refractivity contribution in [3.63, 3.8) is 0 Å². The summed E-state index contributed by atoms with van der Waals surface area (Å²) in [6.07, 6.45) is 3.92. The van der Waals surface area contributed by atoms with Crippen molar-refractivity contribution < 1.29 is 9.84 Å². The molecule has 5 nitrogen and oxygen atoms in total. The van der Waals surface area contributed by atoms with Gasteiger partial charge in [0.25, 0.3) is 0 Å². The highest BCUT2D eigenvalue weighted by atomic mass is 32.1. The van der Waals surface area contributed by atoms with Crippen LogP contribution in [-0.2, 0) is 17.7 Å². The van der Waals surface area contributed by atoms with Gasteiger partial charge in [-0.15, -0.1) is 11.3 Å². The quantitative estimate of drug-likeness (QED) is 0.688. The molecule has 1 unspecified atom stereocenters. The number of hydrogen-bond donors (Lipinski definition) is 2.